The van der Waals surface area contributed by atoms with Gasteiger partial charge >= 0.3 is 0 Å². The van der Waals surface area contributed by atoms with E-state index in [0.29, 0.717) is 0 Å². The summed E-state index contributed by atoms with van der Waals surface area (Å²) in [5.41, 5.74) is 2.49. The highest BCUT2D eigenvalue weighted by atomic mass is 32.2. The molecule has 0 spiro atoms. The van der Waals surface area contributed by atoms with Crippen LogP contribution in [0.1, 0.15) is 11.4 Å². The van der Waals surface area contributed by atoms with Gasteiger partial charge in [-0.2, -0.15) is 0 Å². The van der Waals surface area contributed by atoms with E-state index in [2.05, 4.69) is 10.3 Å². The number of hydrogen-bond donors (Lipinski definition) is 1. The Hall–Kier alpha value is -2.94. The van der Waals surface area contributed by atoms with Crippen molar-refractivity contribution in [3.63, 3.8) is 0 Å². The molecule has 3 aromatic rings. The summed E-state index contributed by atoms with van der Waals surface area (Å²) < 4.78 is 25.1. The van der Waals surface area contributed by atoms with Crippen molar-refractivity contribution in [1.29, 1.82) is 0 Å². The number of imidazole rings is 1. The number of nitro benzene ring substituents is 1. The van der Waals surface area contributed by atoms with E-state index >= 15 is 0 Å². The number of nitro groups is 1. The summed E-state index contributed by atoms with van der Waals surface area (Å²) in [7, 11) is -3.51. The Kier molecular flexibility index (Phi) is 4.17. The molecule has 1 aromatic carbocycles. The van der Waals surface area contributed by atoms with E-state index in [1.54, 1.807) is 0 Å². The zero-order valence-corrected chi connectivity index (χ0v) is 14.4. The maximum atomic E-state index is 11.6. The first-order valence-corrected chi connectivity index (χ1v) is 9.31. The van der Waals surface area contributed by atoms with E-state index in [1.807, 2.05) is 35.7 Å². The summed E-state index contributed by atoms with van der Waals surface area (Å²) in [5.74, 6) is 0. The number of nitrogens with one attached hydrogen (secondary N) is 1. The minimum atomic E-state index is -3.51. The normalized spacial score (nSPS) is 11.6. The molecular weight excluding hydrogens is 344 g/mol. The highest BCUT2D eigenvalue weighted by Crippen LogP contribution is 2.28. The summed E-state index contributed by atoms with van der Waals surface area (Å²) >= 11 is 0. The molecular formula is C16H16N4O4S. The maximum Gasteiger partial charge on any atom is 0.293 e. The van der Waals surface area contributed by atoms with Crippen LogP contribution in [-0.4, -0.2) is 29.0 Å². The number of fused-ring (bicyclic) bond motifs is 1. The standard InChI is InChI=1S/C16H16N4O4S/c1-11-4-3-5-16-18-12(10-19(11)16)9-17-14-7-6-13(25(2,23)24)8-15(14)20(21)22/h3-8,10,17H,9H2,1-2H3. The third kappa shape index (κ3) is 3.45. The van der Waals surface area contributed by atoms with Crippen molar-refractivity contribution in [2.75, 3.05) is 11.6 Å². The summed E-state index contributed by atoms with van der Waals surface area (Å²) in [5, 5.41) is 14.2. The number of rotatable bonds is 5. The molecule has 25 heavy (non-hydrogen) atoms. The Morgan fingerprint density at radius 2 is 2.04 bits per heavy atom. The number of benzene rings is 1. The first-order valence-electron chi connectivity index (χ1n) is 7.41. The van der Waals surface area contributed by atoms with E-state index in [-0.39, 0.29) is 22.8 Å². The fraction of sp³-hybridized carbons (Fsp3) is 0.188. The molecule has 0 bridgehead atoms. The summed E-state index contributed by atoms with van der Waals surface area (Å²) in [4.78, 5) is 15.0. The molecule has 0 aliphatic rings. The van der Waals surface area contributed by atoms with Crippen LogP contribution in [0.3, 0.4) is 0 Å². The molecule has 8 nitrogen and oxygen atoms in total. The fourth-order valence-corrected chi connectivity index (χ4v) is 3.15. The number of nitrogens with zero attached hydrogens (tertiary/aromatic N) is 3. The van der Waals surface area contributed by atoms with Gasteiger partial charge in [-0.25, -0.2) is 13.4 Å². The van der Waals surface area contributed by atoms with Crippen molar-refractivity contribution in [1.82, 2.24) is 9.38 Å². The van der Waals surface area contributed by atoms with E-state index in [9.17, 15) is 18.5 Å². The van der Waals surface area contributed by atoms with E-state index in [4.69, 9.17) is 0 Å². The lowest BCUT2D eigenvalue weighted by molar-refractivity contribution is -0.384. The molecule has 1 N–H and O–H groups in total. The number of sulfone groups is 1. The Labute approximate surface area is 144 Å². The number of anilines is 1. The summed E-state index contributed by atoms with van der Waals surface area (Å²) in [6.07, 6.45) is 2.87. The van der Waals surface area contributed by atoms with E-state index in [1.165, 1.54) is 12.1 Å². The van der Waals surface area contributed by atoms with Crippen molar-refractivity contribution in [3.05, 3.63) is 64.1 Å². The van der Waals surface area contributed by atoms with Crippen LogP contribution in [0.5, 0.6) is 0 Å². The minimum Gasteiger partial charge on any atom is -0.374 e. The van der Waals surface area contributed by atoms with Crippen LogP contribution >= 0.6 is 0 Å². The molecule has 0 saturated heterocycles. The molecule has 130 valence electrons. The Morgan fingerprint density at radius 1 is 1.28 bits per heavy atom. The highest BCUT2D eigenvalue weighted by Gasteiger charge is 2.18. The number of hydrogen-bond acceptors (Lipinski definition) is 6. The van der Waals surface area contributed by atoms with Crippen LogP contribution < -0.4 is 5.32 Å². The maximum absolute atomic E-state index is 11.6. The van der Waals surface area contributed by atoms with Crippen molar-refractivity contribution >= 4 is 26.9 Å². The lowest BCUT2D eigenvalue weighted by Crippen LogP contribution is -2.05. The van der Waals surface area contributed by atoms with Crippen molar-refractivity contribution in [2.24, 2.45) is 0 Å². The van der Waals surface area contributed by atoms with Gasteiger partial charge in [0.1, 0.15) is 11.3 Å². The van der Waals surface area contributed by atoms with Gasteiger partial charge in [-0.1, -0.05) is 6.07 Å². The van der Waals surface area contributed by atoms with Gasteiger partial charge < -0.3 is 9.72 Å². The molecule has 0 amide bonds. The van der Waals surface area contributed by atoms with Crippen LogP contribution in [0.4, 0.5) is 11.4 Å². The summed E-state index contributed by atoms with van der Waals surface area (Å²) in [6, 6.07) is 9.55. The molecule has 0 aliphatic heterocycles. The van der Waals surface area contributed by atoms with Gasteiger partial charge in [-0.15, -0.1) is 0 Å². The van der Waals surface area contributed by atoms with Crippen LogP contribution in [0.2, 0.25) is 0 Å². The minimum absolute atomic E-state index is 0.0897. The molecule has 0 unspecified atom stereocenters. The third-order valence-electron chi connectivity index (χ3n) is 3.80. The average Bonchev–Trinajstić information content (AvgIpc) is 2.96. The Balaban J connectivity index is 1.89. The zero-order valence-electron chi connectivity index (χ0n) is 13.6. The predicted octanol–water partition coefficient (Wildman–Crippen LogP) is 2.57. The quantitative estimate of drug-likeness (QED) is 0.553. The monoisotopic (exact) mass is 360 g/mol. The second-order valence-corrected chi connectivity index (χ2v) is 7.71. The van der Waals surface area contributed by atoms with E-state index in [0.717, 1.165) is 29.4 Å². The van der Waals surface area contributed by atoms with Crippen LogP contribution in [0, 0.1) is 17.0 Å². The highest BCUT2D eigenvalue weighted by molar-refractivity contribution is 7.90. The topological polar surface area (TPSA) is 107 Å². The molecule has 0 fully saturated rings. The molecule has 2 aromatic heterocycles. The van der Waals surface area contributed by atoms with Gasteiger partial charge in [-0.05, 0) is 31.2 Å². The van der Waals surface area contributed by atoms with Gasteiger partial charge in [0, 0.05) is 24.2 Å². The zero-order chi connectivity index (χ0) is 18.2. The largest absolute Gasteiger partial charge is 0.374 e. The first kappa shape index (κ1) is 16.9. The number of aromatic nitrogens is 2. The Morgan fingerprint density at radius 3 is 2.68 bits per heavy atom. The smallest absolute Gasteiger partial charge is 0.293 e. The van der Waals surface area contributed by atoms with E-state index < -0.39 is 14.8 Å². The fourth-order valence-electron chi connectivity index (χ4n) is 2.51. The molecule has 9 heteroatoms. The number of pyridine rings is 1. The van der Waals surface area contributed by atoms with Crippen LogP contribution in [-0.2, 0) is 16.4 Å². The van der Waals surface area contributed by atoms with Gasteiger partial charge in [0.15, 0.2) is 9.84 Å². The Bertz CT molecular complexity index is 1070. The molecule has 2 heterocycles. The van der Waals surface area contributed by atoms with Gasteiger partial charge in [0.25, 0.3) is 5.69 Å². The van der Waals surface area contributed by atoms with Crippen molar-refractivity contribution in [3.8, 4) is 0 Å². The SMILES string of the molecule is Cc1cccc2nc(CNc3ccc(S(C)(=O)=O)cc3[N+](=O)[O-])cn12. The molecule has 0 aliphatic carbocycles. The summed E-state index contributed by atoms with van der Waals surface area (Å²) in [6.45, 7) is 2.24. The van der Waals surface area contributed by atoms with Gasteiger partial charge in [0.05, 0.1) is 22.1 Å². The third-order valence-corrected chi connectivity index (χ3v) is 4.91. The average molecular weight is 360 g/mol. The molecule has 0 atom stereocenters. The van der Waals surface area contributed by atoms with Crippen LogP contribution in [0.15, 0.2) is 47.5 Å². The van der Waals surface area contributed by atoms with Crippen LogP contribution in [0.25, 0.3) is 5.65 Å². The molecule has 0 saturated carbocycles. The lowest BCUT2D eigenvalue weighted by Gasteiger charge is -2.07. The number of aryl methyl sites for hydroxylation is 1. The molecule has 3 rings (SSSR count). The van der Waals surface area contributed by atoms with Gasteiger partial charge in [0.2, 0.25) is 0 Å². The lowest BCUT2D eigenvalue weighted by atomic mass is 10.2. The first-order chi connectivity index (χ1) is 11.8. The second kappa shape index (κ2) is 6.17. The molecule has 0 radical (unpaired) electrons. The van der Waals surface area contributed by atoms with Gasteiger partial charge in [-0.3, -0.25) is 10.1 Å². The van der Waals surface area contributed by atoms with Crippen molar-refractivity contribution < 1.29 is 13.3 Å². The second-order valence-electron chi connectivity index (χ2n) is 5.69. The predicted molar refractivity (Wildman–Crippen MR) is 93.5 cm³/mol. The van der Waals surface area contributed by atoms with Crippen molar-refractivity contribution in [2.45, 2.75) is 18.4 Å².